The van der Waals surface area contributed by atoms with E-state index < -0.39 is 5.60 Å². The minimum Gasteiger partial charge on any atom is -0.477 e. The van der Waals surface area contributed by atoms with Crippen LogP contribution in [0.15, 0.2) is 28.9 Å². The van der Waals surface area contributed by atoms with Gasteiger partial charge in [0, 0.05) is 18.8 Å². The quantitative estimate of drug-likeness (QED) is 0.814. The summed E-state index contributed by atoms with van der Waals surface area (Å²) in [6, 6.07) is 5.40. The fourth-order valence-corrected chi connectivity index (χ4v) is 3.01. The van der Waals surface area contributed by atoms with Crippen LogP contribution in [-0.4, -0.2) is 39.9 Å². The summed E-state index contributed by atoms with van der Waals surface area (Å²) in [5, 5.41) is 4.17. The molecule has 1 saturated heterocycles. The van der Waals surface area contributed by atoms with Crippen LogP contribution in [0.2, 0.25) is 0 Å². The van der Waals surface area contributed by atoms with Crippen LogP contribution in [0.5, 0.6) is 5.88 Å². The number of hydrogen-bond donors (Lipinski definition) is 0. The number of carbonyl (C=O) groups is 1. The SMILES string of the molecule is CCOc1ncccc1-c1cc([C@@H]2CCCN2C(=O)OC(C)(C)C)on1. The largest absolute Gasteiger partial charge is 0.477 e. The van der Waals surface area contributed by atoms with E-state index >= 15 is 0 Å². The molecule has 1 fully saturated rings. The van der Waals surface area contributed by atoms with Gasteiger partial charge in [-0.25, -0.2) is 9.78 Å². The Morgan fingerprint density at radius 2 is 2.23 bits per heavy atom. The van der Waals surface area contributed by atoms with Crippen LogP contribution in [0.25, 0.3) is 11.3 Å². The summed E-state index contributed by atoms with van der Waals surface area (Å²) in [6.45, 7) is 8.65. The van der Waals surface area contributed by atoms with E-state index in [1.165, 1.54) is 0 Å². The summed E-state index contributed by atoms with van der Waals surface area (Å²) in [7, 11) is 0. The van der Waals surface area contributed by atoms with E-state index in [0.29, 0.717) is 30.5 Å². The molecule has 1 atom stereocenters. The molecule has 1 aliphatic rings. The molecule has 0 saturated carbocycles. The number of nitrogens with zero attached hydrogens (tertiary/aromatic N) is 3. The minimum atomic E-state index is -0.529. The van der Waals surface area contributed by atoms with Gasteiger partial charge >= 0.3 is 6.09 Å². The molecule has 0 bridgehead atoms. The molecule has 7 nitrogen and oxygen atoms in total. The number of carbonyl (C=O) groups excluding carboxylic acids is 1. The predicted octanol–water partition coefficient (Wildman–Crippen LogP) is 4.21. The molecule has 0 unspecified atom stereocenters. The number of aromatic nitrogens is 2. The van der Waals surface area contributed by atoms with Gasteiger partial charge in [-0.05, 0) is 52.7 Å². The first-order valence-electron chi connectivity index (χ1n) is 8.93. The van der Waals surface area contributed by atoms with Crippen molar-refractivity contribution in [1.82, 2.24) is 15.0 Å². The van der Waals surface area contributed by atoms with Gasteiger partial charge in [-0.1, -0.05) is 5.16 Å². The molecule has 140 valence electrons. The average molecular weight is 359 g/mol. The molecule has 1 amide bonds. The van der Waals surface area contributed by atoms with Crippen LogP contribution >= 0.6 is 0 Å². The van der Waals surface area contributed by atoms with Gasteiger partial charge in [0.2, 0.25) is 5.88 Å². The first kappa shape index (κ1) is 18.2. The standard InChI is InChI=1S/C19H25N3O4/c1-5-24-17-13(8-6-10-20-17)14-12-16(26-21-14)15-9-7-11-22(15)18(23)25-19(2,3)4/h6,8,10,12,15H,5,7,9,11H2,1-4H3/t15-/m0/s1. The Kier molecular flexibility index (Phi) is 5.15. The van der Waals surface area contributed by atoms with E-state index in [2.05, 4.69) is 10.1 Å². The number of hydrogen-bond acceptors (Lipinski definition) is 6. The van der Waals surface area contributed by atoms with Crippen molar-refractivity contribution in [2.45, 2.75) is 52.2 Å². The van der Waals surface area contributed by atoms with Gasteiger partial charge < -0.3 is 14.0 Å². The highest BCUT2D eigenvalue weighted by Crippen LogP contribution is 2.36. The van der Waals surface area contributed by atoms with Gasteiger partial charge in [0.05, 0.1) is 18.2 Å². The number of rotatable bonds is 4. The minimum absolute atomic E-state index is 0.168. The number of amides is 1. The predicted molar refractivity (Wildman–Crippen MR) is 95.8 cm³/mol. The highest BCUT2D eigenvalue weighted by Gasteiger charge is 2.35. The van der Waals surface area contributed by atoms with E-state index in [9.17, 15) is 4.79 Å². The van der Waals surface area contributed by atoms with Gasteiger partial charge in [0.25, 0.3) is 0 Å². The van der Waals surface area contributed by atoms with Crippen molar-refractivity contribution >= 4 is 6.09 Å². The summed E-state index contributed by atoms with van der Waals surface area (Å²) < 4.78 is 16.6. The van der Waals surface area contributed by atoms with Crippen LogP contribution in [-0.2, 0) is 4.74 Å². The summed E-state index contributed by atoms with van der Waals surface area (Å²) in [6.07, 6.45) is 3.07. The van der Waals surface area contributed by atoms with Crippen molar-refractivity contribution < 1.29 is 18.8 Å². The second-order valence-electron chi connectivity index (χ2n) is 7.24. The zero-order valence-electron chi connectivity index (χ0n) is 15.7. The second kappa shape index (κ2) is 7.35. The molecule has 0 N–H and O–H groups in total. The zero-order chi connectivity index (χ0) is 18.7. The fraction of sp³-hybridized carbons (Fsp3) is 0.526. The topological polar surface area (TPSA) is 77.7 Å². The Morgan fingerprint density at radius 1 is 1.42 bits per heavy atom. The maximum absolute atomic E-state index is 12.5. The molecule has 1 aliphatic heterocycles. The third-order valence-corrected chi connectivity index (χ3v) is 4.07. The second-order valence-corrected chi connectivity index (χ2v) is 7.24. The van der Waals surface area contributed by atoms with Crippen molar-refractivity contribution in [2.75, 3.05) is 13.2 Å². The number of pyridine rings is 1. The van der Waals surface area contributed by atoms with Gasteiger partial charge in [-0.3, -0.25) is 4.90 Å². The fourth-order valence-electron chi connectivity index (χ4n) is 3.01. The van der Waals surface area contributed by atoms with Crippen molar-refractivity contribution in [3.63, 3.8) is 0 Å². The molecule has 0 aromatic carbocycles. The Balaban J connectivity index is 1.82. The molecule has 0 aliphatic carbocycles. The van der Waals surface area contributed by atoms with E-state index in [1.54, 1.807) is 11.1 Å². The lowest BCUT2D eigenvalue weighted by molar-refractivity contribution is 0.0204. The van der Waals surface area contributed by atoms with Crippen molar-refractivity contribution in [3.8, 4) is 17.1 Å². The molecule has 7 heteroatoms. The zero-order valence-corrected chi connectivity index (χ0v) is 15.7. The van der Waals surface area contributed by atoms with Gasteiger partial charge in [-0.2, -0.15) is 0 Å². The van der Waals surface area contributed by atoms with Crippen molar-refractivity contribution in [3.05, 3.63) is 30.2 Å². The van der Waals surface area contributed by atoms with E-state index in [1.807, 2.05) is 45.9 Å². The van der Waals surface area contributed by atoms with Crippen LogP contribution in [0.3, 0.4) is 0 Å². The third-order valence-electron chi connectivity index (χ3n) is 4.07. The van der Waals surface area contributed by atoms with Crippen LogP contribution in [0.1, 0.15) is 52.3 Å². The van der Waals surface area contributed by atoms with Gasteiger partial charge in [0.1, 0.15) is 11.3 Å². The molecule has 26 heavy (non-hydrogen) atoms. The lowest BCUT2D eigenvalue weighted by Crippen LogP contribution is -2.36. The van der Waals surface area contributed by atoms with Gasteiger partial charge in [-0.15, -0.1) is 0 Å². The molecule has 3 rings (SSSR count). The Labute approximate surface area is 153 Å². The molecule has 2 aromatic heterocycles. The van der Waals surface area contributed by atoms with E-state index in [0.717, 1.165) is 18.4 Å². The summed E-state index contributed by atoms with van der Waals surface area (Å²) in [4.78, 5) is 18.4. The van der Waals surface area contributed by atoms with Gasteiger partial charge in [0.15, 0.2) is 5.76 Å². The Bertz CT molecular complexity index is 766. The maximum atomic E-state index is 12.5. The first-order valence-corrected chi connectivity index (χ1v) is 8.93. The average Bonchev–Trinajstić information content (AvgIpc) is 3.23. The van der Waals surface area contributed by atoms with E-state index in [-0.39, 0.29) is 12.1 Å². The van der Waals surface area contributed by atoms with E-state index in [4.69, 9.17) is 14.0 Å². The number of likely N-dealkylation sites (tertiary alicyclic amines) is 1. The lowest BCUT2D eigenvalue weighted by Gasteiger charge is -2.27. The Morgan fingerprint density at radius 3 is 2.96 bits per heavy atom. The van der Waals surface area contributed by atoms with Crippen LogP contribution < -0.4 is 4.74 Å². The number of ether oxygens (including phenoxy) is 2. The molecule has 0 spiro atoms. The molecular formula is C19H25N3O4. The maximum Gasteiger partial charge on any atom is 0.410 e. The summed E-state index contributed by atoms with van der Waals surface area (Å²) >= 11 is 0. The highest BCUT2D eigenvalue weighted by atomic mass is 16.6. The monoisotopic (exact) mass is 359 g/mol. The smallest absolute Gasteiger partial charge is 0.410 e. The Hall–Kier alpha value is -2.57. The first-order chi connectivity index (χ1) is 12.4. The molecule has 2 aromatic rings. The molecule has 0 radical (unpaired) electrons. The third kappa shape index (κ3) is 3.98. The van der Waals surface area contributed by atoms with Crippen molar-refractivity contribution in [2.24, 2.45) is 0 Å². The molecular weight excluding hydrogens is 334 g/mol. The highest BCUT2D eigenvalue weighted by molar-refractivity contribution is 5.69. The summed E-state index contributed by atoms with van der Waals surface area (Å²) in [5.74, 6) is 1.17. The molecule has 3 heterocycles. The normalized spacial score (nSPS) is 17.4. The lowest BCUT2D eigenvalue weighted by atomic mass is 10.1. The summed E-state index contributed by atoms with van der Waals surface area (Å²) in [5.41, 5.74) is 0.887. The van der Waals surface area contributed by atoms with Crippen LogP contribution in [0.4, 0.5) is 4.79 Å². The van der Waals surface area contributed by atoms with Crippen LogP contribution in [0, 0.1) is 0 Å². The van der Waals surface area contributed by atoms with Crippen molar-refractivity contribution in [1.29, 1.82) is 0 Å².